The molecule has 152 valence electrons. The van der Waals surface area contributed by atoms with Crippen LogP contribution in [0.5, 0.6) is 11.5 Å². The lowest BCUT2D eigenvalue weighted by Gasteiger charge is -2.31. The Balaban J connectivity index is 1.96. The lowest BCUT2D eigenvalue weighted by Crippen LogP contribution is -2.37. The van der Waals surface area contributed by atoms with Crippen molar-refractivity contribution < 1.29 is 31.1 Å². The van der Waals surface area contributed by atoms with Crippen molar-refractivity contribution in [3.05, 3.63) is 95.6 Å². The van der Waals surface area contributed by atoms with E-state index in [1.807, 2.05) is 0 Å². The molecule has 3 aromatic rings. The minimum absolute atomic E-state index is 0.190. The minimum Gasteiger partial charge on any atom is -0.457 e. The van der Waals surface area contributed by atoms with Crippen LogP contribution in [0.15, 0.2) is 78.9 Å². The van der Waals surface area contributed by atoms with Crippen LogP contribution in [0.3, 0.4) is 0 Å². The summed E-state index contributed by atoms with van der Waals surface area (Å²) < 4.78 is 83.0. The van der Waals surface area contributed by atoms with E-state index in [9.17, 15) is 26.3 Å². The Bertz CT molecular complexity index is 950. The van der Waals surface area contributed by atoms with Gasteiger partial charge in [-0.05, 0) is 47.5 Å². The maximum Gasteiger partial charge on any atom is 0.416 e. The smallest absolute Gasteiger partial charge is 0.416 e. The average Bonchev–Trinajstić information content (AvgIpc) is 2.67. The summed E-state index contributed by atoms with van der Waals surface area (Å²) in [6.07, 6.45) is -9.45. The summed E-state index contributed by atoms with van der Waals surface area (Å²) in [5, 5.41) is 0. The zero-order valence-electron chi connectivity index (χ0n) is 14.6. The lowest BCUT2D eigenvalue weighted by atomic mass is 9.89. The summed E-state index contributed by atoms with van der Waals surface area (Å²) in [6.45, 7) is 0. The number of rotatable bonds is 4. The van der Waals surface area contributed by atoms with Gasteiger partial charge in [0.1, 0.15) is 11.5 Å². The SMILES string of the molecule is FC(F)(F)c1ccc(C(Br)(c2ccc(Oc3ccccc3)cc2)C(F)(F)F)cc1. The van der Waals surface area contributed by atoms with Gasteiger partial charge >= 0.3 is 12.4 Å². The van der Waals surface area contributed by atoms with Gasteiger partial charge in [-0.15, -0.1) is 0 Å². The van der Waals surface area contributed by atoms with Crippen LogP contribution in [0.4, 0.5) is 26.3 Å². The third kappa shape index (κ3) is 4.42. The molecule has 0 aliphatic rings. The number of alkyl halides is 7. The van der Waals surface area contributed by atoms with Crippen molar-refractivity contribution in [2.75, 3.05) is 0 Å². The monoisotopic (exact) mass is 474 g/mol. The molecule has 0 saturated heterocycles. The molecule has 8 heteroatoms. The fourth-order valence-electron chi connectivity index (χ4n) is 2.76. The number of benzene rings is 3. The Morgan fingerprint density at radius 3 is 1.41 bits per heavy atom. The van der Waals surface area contributed by atoms with Crippen LogP contribution < -0.4 is 4.74 Å². The second-order valence-corrected chi connectivity index (χ2v) is 7.36. The first-order valence-electron chi connectivity index (χ1n) is 8.28. The molecular weight excluding hydrogens is 462 g/mol. The normalized spacial score (nSPS) is 14.3. The van der Waals surface area contributed by atoms with Crippen molar-refractivity contribution in [1.82, 2.24) is 0 Å². The molecule has 0 radical (unpaired) electrons. The van der Waals surface area contributed by atoms with Crippen LogP contribution in [0.25, 0.3) is 0 Å². The first-order valence-corrected chi connectivity index (χ1v) is 9.08. The van der Waals surface area contributed by atoms with Gasteiger partial charge in [-0.25, -0.2) is 0 Å². The molecule has 0 bridgehead atoms. The molecule has 0 aliphatic carbocycles. The molecule has 0 amide bonds. The van der Waals surface area contributed by atoms with Gasteiger partial charge in [0.2, 0.25) is 0 Å². The molecule has 3 rings (SSSR count). The molecule has 3 aromatic carbocycles. The van der Waals surface area contributed by atoms with Crippen molar-refractivity contribution >= 4 is 15.9 Å². The summed E-state index contributed by atoms with van der Waals surface area (Å²) >= 11 is 2.74. The highest BCUT2D eigenvalue weighted by molar-refractivity contribution is 9.09. The standard InChI is InChI=1S/C21H13BrF6O/c22-19(21(26,27)28,14-6-8-16(9-7-14)20(23,24)25)15-10-12-18(13-11-15)29-17-4-2-1-3-5-17/h1-13H. The molecule has 0 N–H and O–H groups in total. The van der Waals surface area contributed by atoms with Crippen LogP contribution in [0.1, 0.15) is 16.7 Å². The number of para-hydroxylation sites is 1. The average molecular weight is 475 g/mol. The number of hydrogen-bond donors (Lipinski definition) is 0. The number of hydrogen-bond acceptors (Lipinski definition) is 1. The largest absolute Gasteiger partial charge is 0.457 e. The van der Waals surface area contributed by atoms with E-state index in [-0.39, 0.29) is 11.1 Å². The summed E-state index contributed by atoms with van der Waals surface area (Å²) in [7, 11) is 0. The highest BCUT2D eigenvalue weighted by Crippen LogP contribution is 2.51. The maximum absolute atomic E-state index is 14.0. The van der Waals surface area contributed by atoms with Gasteiger partial charge in [-0.1, -0.05) is 58.4 Å². The summed E-state index contributed by atoms with van der Waals surface area (Å²) in [6, 6.07) is 16.8. The van der Waals surface area contributed by atoms with Crippen molar-refractivity contribution in [3.63, 3.8) is 0 Å². The van der Waals surface area contributed by atoms with Gasteiger partial charge in [0.15, 0.2) is 4.32 Å². The van der Waals surface area contributed by atoms with Crippen molar-refractivity contribution in [1.29, 1.82) is 0 Å². The number of halogens is 7. The van der Waals surface area contributed by atoms with E-state index in [0.717, 1.165) is 12.1 Å². The van der Waals surface area contributed by atoms with Gasteiger partial charge in [-0.2, -0.15) is 26.3 Å². The second kappa shape index (κ2) is 7.74. The van der Waals surface area contributed by atoms with Gasteiger partial charge in [0.05, 0.1) is 5.56 Å². The number of ether oxygens (including phenoxy) is 1. The van der Waals surface area contributed by atoms with E-state index in [0.29, 0.717) is 23.6 Å². The molecule has 0 heterocycles. The molecule has 0 aromatic heterocycles. The molecule has 0 spiro atoms. The van der Waals surface area contributed by atoms with Crippen LogP contribution in [-0.2, 0) is 10.5 Å². The first kappa shape index (κ1) is 21.2. The first-order chi connectivity index (χ1) is 13.5. The van der Waals surface area contributed by atoms with Gasteiger partial charge < -0.3 is 4.74 Å². The predicted molar refractivity (Wildman–Crippen MR) is 100 cm³/mol. The van der Waals surface area contributed by atoms with E-state index in [1.165, 1.54) is 24.3 Å². The lowest BCUT2D eigenvalue weighted by molar-refractivity contribution is -0.149. The van der Waals surface area contributed by atoms with E-state index in [4.69, 9.17) is 4.74 Å². The van der Waals surface area contributed by atoms with E-state index in [2.05, 4.69) is 15.9 Å². The molecular formula is C21H13BrF6O. The minimum atomic E-state index is -4.81. The molecule has 1 nitrogen and oxygen atoms in total. The molecule has 29 heavy (non-hydrogen) atoms. The summed E-state index contributed by atoms with van der Waals surface area (Å²) in [5.41, 5.74) is -1.58. The molecule has 0 fully saturated rings. The van der Waals surface area contributed by atoms with Crippen LogP contribution in [0, 0.1) is 0 Å². The van der Waals surface area contributed by atoms with E-state index >= 15 is 0 Å². The zero-order chi connectivity index (χ0) is 21.3. The highest BCUT2D eigenvalue weighted by Gasteiger charge is 2.55. The molecule has 1 unspecified atom stereocenters. The van der Waals surface area contributed by atoms with Crippen molar-refractivity contribution in [2.45, 2.75) is 16.7 Å². The topological polar surface area (TPSA) is 9.23 Å². The Morgan fingerprint density at radius 2 is 0.966 bits per heavy atom. The van der Waals surface area contributed by atoms with E-state index in [1.54, 1.807) is 30.3 Å². The quantitative estimate of drug-likeness (QED) is 0.278. The molecule has 0 aliphatic heterocycles. The fourth-order valence-corrected chi connectivity index (χ4v) is 3.29. The summed E-state index contributed by atoms with van der Waals surface area (Å²) in [5.74, 6) is 0.841. The van der Waals surface area contributed by atoms with Crippen molar-refractivity contribution in [2.24, 2.45) is 0 Å². The predicted octanol–water partition coefficient (Wildman–Crippen LogP) is 7.70. The Hall–Kier alpha value is -2.48. The fraction of sp³-hybridized carbons (Fsp3) is 0.143. The van der Waals surface area contributed by atoms with Crippen LogP contribution >= 0.6 is 15.9 Å². The Labute approximate surface area is 171 Å². The third-order valence-corrected chi connectivity index (χ3v) is 5.60. The Morgan fingerprint density at radius 1 is 0.552 bits per heavy atom. The van der Waals surface area contributed by atoms with Crippen LogP contribution in [-0.4, -0.2) is 6.18 Å². The van der Waals surface area contributed by atoms with Gasteiger partial charge in [-0.3, -0.25) is 0 Å². The Kier molecular flexibility index (Phi) is 5.67. The zero-order valence-corrected chi connectivity index (χ0v) is 16.1. The molecule has 0 saturated carbocycles. The third-order valence-electron chi connectivity index (χ3n) is 4.23. The highest BCUT2D eigenvalue weighted by atomic mass is 79.9. The van der Waals surface area contributed by atoms with Crippen molar-refractivity contribution in [3.8, 4) is 11.5 Å². The maximum atomic E-state index is 14.0. The van der Waals surface area contributed by atoms with Gasteiger partial charge in [0.25, 0.3) is 0 Å². The second-order valence-electron chi connectivity index (χ2n) is 6.17. The molecule has 1 atom stereocenters. The van der Waals surface area contributed by atoms with Crippen LogP contribution in [0.2, 0.25) is 0 Å². The van der Waals surface area contributed by atoms with Gasteiger partial charge in [0, 0.05) is 0 Å². The van der Waals surface area contributed by atoms with E-state index < -0.39 is 22.2 Å². The summed E-state index contributed by atoms with van der Waals surface area (Å²) in [4.78, 5) is 0.